The van der Waals surface area contributed by atoms with Crippen LogP contribution in [0.2, 0.25) is 0 Å². The second kappa shape index (κ2) is 9.09. The van der Waals surface area contributed by atoms with E-state index in [0.717, 1.165) is 7.11 Å². The molecule has 1 aliphatic rings. The summed E-state index contributed by atoms with van der Waals surface area (Å²) in [5.41, 5.74) is 0. The number of ether oxygens (including phenoxy) is 2. The Balaban J connectivity index is 2.88. The van der Waals surface area contributed by atoms with Crippen molar-refractivity contribution in [3.05, 3.63) is 0 Å². The van der Waals surface area contributed by atoms with E-state index in [1.165, 1.54) is 4.90 Å². The molecule has 0 saturated carbocycles. The number of urea groups is 1. The molecule has 9 nitrogen and oxygen atoms in total. The van der Waals surface area contributed by atoms with Crippen LogP contribution in [0.5, 0.6) is 0 Å². The third kappa shape index (κ3) is 4.95. The van der Waals surface area contributed by atoms with Crippen LogP contribution in [0, 0.1) is 0 Å². The molecule has 1 aliphatic heterocycles. The Morgan fingerprint density at radius 3 is 2.23 bits per heavy atom. The molecule has 1 unspecified atom stereocenters. The van der Waals surface area contributed by atoms with Gasteiger partial charge in [-0.05, 0) is 13.8 Å². The van der Waals surface area contributed by atoms with Crippen LogP contribution >= 0.6 is 7.60 Å². The number of hydrogen-bond acceptors (Lipinski definition) is 7. The number of hydrogen-bond donors (Lipinski definition) is 1. The summed E-state index contributed by atoms with van der Waals surface area (Å²) in [7, 11) is -2.73. The first-order valence-electron chi connectivity index (χ1n) is 7.08. The van der Waals surface area contributed by atoms with Gasteiger partial charge in [-0.2, -0.15) is 0 Å². The fraction of sp³-hybridized carbons (Fsp3) is 0.833. The lowest BCUT2D eigenvalue weighted by Gasteiger charge is -2.30. The molecule has 0 aromatic rings. The van der Waals surface area contributed by atoms with Crippen LogP contribution < -0.4 is 5.32 Å². The van der Waals surface area contributed by atoms with Crippen molar-refractivity contribution in [1.82, 2.24) is 10.2 Å². The highest BCUT2D eigenvalue weighted by atomic mass is 31.2. The van der Waals surface area contributed by atoms with E-state index in [4.69, 9.17) is 13.8 Å². The lowest BCUT2D eigenvalue weighted by molar-refractivity contribution is -0.141. The third-order valence-electron chi connectivity index (χ3n) is 2.92. The number of nitrogens with zero attached hydrogens (tertiary/aromatic N) is 1. The Kier molecular flexibility index (Phi) is 7.81. The quantitative estimate of drug-likeness (QED) is 0.541. The molecule has 0 aromatic carbocycles. The van der Waals surface area contributed by atoms with Crippen LogP contribution in [0.15, 0.2) is 0 Å². The lowest BCUT2D eigenvalue weighted by atomic mass is 10.4. The zero-order chi connectivity index (χ0) is 16.6. The largest absolute Gasteiger partial charge is 0.467 e. The molecule has 0 radical (unpaired) electrons. The summed E-state index contributed by atoms with van der Waals surface area (Å²) >= 11 is 0. The van der Waals surface area contributed by atoms with Crippen LogP contribution in [0.25, 0.3) is 0 Å². The third-order valence-corrected chi connectivity index (χ3v) is 5.13. The number of rotatable bonds is 7. The SMILES string of the molecule is CCOP(=O)(OCC)C(NC(=O)N1CCOCC1)C(=O)OC. The van der Waals surface area contributed by atoms with Gasteiger partial charge in [0.2, 0.25) is 5.78 Å². The van der Waals surface area contributed by atoms with Gasteiger partial charge in [-0.15, -0.1) is 0 Å². The molecule has 1 fully saturated rings. The van der Waals surface area contributed by atoms with Gasteiger partial charge in [0.1, 0.15) is 0 Å². The minimum atomic E-state index is -3.87. The maximum Gasteiger partial charge on any atom is 0.364 e. The number of nitrogens with one attached hydrogen (secondary N) is 1. The number of esters is 1. The maximum atomic E-state index is 12.7. The van der Waals surface area contributed by atoms with Crippen molar-refractivity contribution in [2.24, 2.45) is 0 Å². The molecule has 1 N–H and O–H groups in total. The van der Waals surface area contributed by atoms with Gasteiger partial charge in [0.15, 0.2) is 0 Å². The molecule has 1 heterocycles. The van der Waals surface area contributed by atoms with Crippen molar-refractivity contribution in [1.29, 1.82) is 0 Å². The molecule has 0 bridgehead atoms. The highest BCUT2D eigenvalue weighted by molar-refractivity contribution is 7.55. The molecule has 0 spiro atoms. The number of amides is 2. The van der Waals surface area contributed by atoms with Gasteiger partial charge in [-0.1, -0.05) is 0 Å². The Morgan fingerprint density at radius 1 is 1.23 bits per heavy atom. The first kappa shape index (κ1) is 18.9. The topological polar surface area (TPSA) is 103 Å². The monoisotopic (exact) mass is 338 g/mol. The lowest BCUT2D eigenvalue weighted by Crippen LogP contribution is -2.51. The van der Waals surface area contributed by atoms with Crippen LogP contribution in [-0.4, -0.2) is 69.3 Å². The smallest absolute Gasteiger partial charge is 0.364 e. The van der Waals surface area contributed by atoms with Crippen LogP contribution in [0.3, 0.4) is 0 Å². The van der Waals surface area contributed by atoms with E-state index >= 15 is 0 Å². The van der Waals surface area contributed by atoms with Gasteiger partial charge in [0, 0.05) is 13.1 Å². The van der Waals surface area contributed by atoms with E-state index in [9.17, 15) is 14.2 Å². The molecule has 1 saturated heterocycles. The van der Waals surface area contributed by atoms with Crippen LogP contribution in [-0.2, 0) is 27.9 Å². The van der Waals surface area contributed by atoms with Gasteiger partial charge in [-0.3, -0.25) is 4.57 Å². The number of methoxy groups -OCH3 is 1. The fourth-order valence-electron chi connectivity index (χ4n) is 1.90. The zero-order valence-electron chi connectivity index (χ0n) is 13.1. The molecule has 2 amide bonds. The van der Waals surface area contributed by atoms with Crippen molar-refractivity contribution >= 4 is 19.6 Å². The average Bonchev–Trinajstić information content (AvgIpc) is 2.52. The van der Waals surface area contributed by atoms with Gasteiger partial charge in [-0.25, -0.2) is 9.59 Å². The molecule has 0 aromatic heterocycles. The first-order chi connectivity index (χ1) is 10.5. The summed E-state index contributed by atoms with van der Waals surface area (Å²) in [6, 6.07) is -0.543. The molecule has 128 valence electrons. The molecular formula is C12H23N2O7P. The van der Waals surface area contributed by atoms with Crippen molar-refractivity contribution in [3.63, 3.8) is 0 Å². The fourth-order valence-corrected chi connectivity index (χ4v) is 3.62. The predicted octanol–water partition coefficient (Wildman–Crippen LogP) is 0.793. The normalized spacial score (nSPS) is 17.0. The summed E-state index contributed by atoms with van der Waals surface area (Å²) in [5.74, 6) is -2.39. The van der Waals surface area contributed by atoms with Crippen LogP contribution in [0.1, 0.15) is 13.8 Å². The molecule has 1 atom stereocenters. The average molecular weight is 338 g/mol. The standard InChI is InChI=1S/C12H23N2O7P/c1-4-20-22(17,21-5-2)10(11(15)18-3)13-12(16)14-6-8-19-9-7-14/h10H,4-9H2,1-3H3,(H,13,16). The van der Waals surface area contributed by atoms with E-state index in [2.05, 4.69) is 10.1 Å². The summed E-state index contributed by atoms with van der Waals surface area (Å²) < 4.78 is 32.7. The van der Waals surface area contributed by atoms with Crippen molar-refractivity contribution in [2.45, 2.75) is 19.6 Å². The summed E-state index contributed by atoms with van der Waals surface area (Å²) in [6.07, 6.45) is 0. The minimum absolute atomic E-state index is 0.0677. The van der Waals surface area contributed by atoms with E-state index in [1.54, 1.807) is 13.8 Å². The molecule has 0 aliphatic carbocycles. The van der Waals surface area contributed by atoms with Crippen molar-refractivity contribution in [3.8, 4) is 0 Å². The van der Waals surface area contributed by atoms with Crippen molar-refractivity contribution in [2.75, 3.05) is 46.6 Å². The first-order valence-corrected chi connectivity index (χ1v) is 8.69. The summed E-state index contributed by atoms with van der Waals surface area (Å²) in [5, 5.41) is 2.39. The van der Waals surface area contributed by atoms with Crippen molar-refractivity contribution < 1.29 is 32.7 Å². The van der Waals surface area contributed by atoms with E-state index < -0.39 is 25.4 Å². The molecule has 10 heteroatoms. The second-order valence-corrected chi connectivity index (χ2v) is 6.46. The van der Waals surface area contributed by atoms with E-state index in [-0.39, 0.29) is 13.2 Å². The predicted molar refractivity (Wildman–Crippen MR) is 77.6 cm³/mol. The molecule has 1 rings (SSSR count). The zero-order valence-corrected chi connectivity index (χ0v) is 14.0. The number of carbonyl (C=O) groups is 2. The second-order valence-electron chi connectivity index (χ2n) is 4.35. The van der Waals surface area contributed by atoms with Gasteiger partial charge in [0.05, 0.1) is 33.5 Å². The van der Waals surface area contributed by atoms with Gasteiger partial charge < -0.3 is 28.7 Å². The highest BCUT2D eigenvalue weighted by Gasteiger charge is 2.44. The Hall–Kier alpha value is -1.15. The number of carbonyl (C=O) groups excluding carboxylic acids is 2. The highest BCUT2D eigenvalue weighted by Crippen LogP contribution is 2.52. The number of morpholine rings is 1. The Labute approximate surface area is 129 Å². The van der Waals surface area contributed by atoms with Gasteiger partial charge in [0.25, 0.3) is 0 Å². The molecular weight excluding hydrogens is 315 g/mol. The Bertz CT molecular complexity index is 416. The van der Waals surface area contributed by atoms with Crippen LogP contribution in [0.4, 0.5) is 4.79 Å². The Morgan fingerprint density at radius 2 is 1.77 bits per heavy atom. The maximum absolute atomic E-state index is 12.7. The molecule has 22 heavy (non-hydrogen) atoms. The van der Waals surface area contributed by atoms with E-state index in [1.807, 2.05) is 0 Å². The minimum Gasteiger partial charge on any atom is -0.467 e. The summed E-state index contributed by atoms with van der Waals surface area (Å²) in [6.45, 7) is 4.94. The van der Waals surface area contributed by atoms with E-state index in [0.29, 0.717) is 26.3 Å². The van der Waals surface area contributed by atoms with Gasteiger partial charge >= 0.3 is 19.6 Å². The summed E-state index contributed by atoms with van der Waals surface area (Å²) in [4.78, 5) is 25.6.